The Kier molecular flexibility index (Phi) is 3.83. The van der Waals surface area contributed by atoms with Crippen LogP contribution < -0.4 is 15.6 Å². The van der Waals surface area contributed by atoms with Gasteiger partial charge in [0.05, 0.1) is 36.3 Å². The molecule has 3 aromatic heterocycles. The Morgan fingerprint density at radius 1 is 1.04 bits per heavy atom. The molecule has 2 N–H and O–H groups in total. The van der Waals surface area contributed by atoms with Gasteiger partial charge in [-0.15, -0.1) is 0 Å². The van der Waals surface area contributed by atoms with Gasteiger partial charge in [0, 0.05) is 12.3 Å². The second kappa shape index (κ2) is 6.44. The lowest BCUT2D eigenvalue weighted by molar-refractivity contribution is 0.414. The molecule has 0 bridgehead atoms. The van der Waals surface area contributed by atoms with Gasteiger partial charge < -0.3 is 4.74 Å². The number of hydrazine groups is 1. The number of nitrogens with one attached hydrogen (secondary N) is 2. The first-order valence-corrected chi connectivity index (χ1v) is 7.60. The average Bonchev–Trinajstić information content (AvgIpc) is 3.12. The van der Waals surface area contributed by atoms with Gasteiger partial charge in [0.1, 0.15) is 12.1 Å². The molecule has 0 saturated heterocycles. The van der Waals surface area contributed by atoms with Gasteiger partial charge in [-0.3, -0.25) is 15.8 Å². The second-order valence-electron chi connectivity index (χ2n) is 5.21. The Morgan fingerprint density at radius 3 is 2.84 bits per heavy atom. The maximum absolute atomic E-state index is 5.27. The van der Waals surface area contributed by atoms with Crippen molar-refractivity contribution < 1.29 is 4.74 Å². The van der Waals surface area contributed by atoms with Gasteiger partial charge in [-0.2, -0.15) is 5.10 Å². The monoisotopic (exact) mass is 333 g/mol. The molecule has 25 heavy (non-hydrogen) atoms. The van der Waals surface area contributed by atoms with Crippen LogP contribution in [-0.4, -0.2) is 31.8 Å². The Labute approximate surface area is 143 Å². The molecule has 0 radical (unpaired) electrons. The summed E-state index contributed by atoms with van der Waals surface area (Å²) in [5.41, 5.74) is 8.51. The standard InChI is InChI=1S/C17H15N7O/c1-25-14-6-2-5-13(8-14)24-17-15(10-21-24)16(19-11-20-17)23-22-12-4-3-7-18-9-12/h2-11,22H,1H3,(H,19,20,23). The lowest BCUT2D eigenvalue weighted by Gasteiger charge is -2.09. The van der Waals surface area contributed by atoms with Crippen molar-refractivity contribution in [2.24, 2.45) is 0 Å². The van der Waals surface area contributed by atoms with Crippen LogP contribution in [0.25, 0.3) is 16.7 Å². The predicted molar refractivity (Wildman–Crippen MR) is 94.7 cm³/mol. The minimum Gasteiger partial charge on any atom is -0.497 e. The molecule has 0 aliphatic rings. The van der Waals surface area contributed by atoms with Crippen LogP contribution in [0.2, 0.25) is 0 Å². The number of fused-ring (bicyclic) bond motifs is 1. The topological polar surface area (TPSA) is 89.8 Å². The molecule has 8 heteroatoms. The molecule has 0 fully saturated rings. The van der Waals surface area contributed by atoms with Crippen LogP contribution in [-0.2, 0) is 0 Å². The molecule has 0 aliphatic carbocycles. The quantitative estimate of drug-likeness (QED) is 0.543. The summed E-state index contributed by atoms with van der Waals surface area (Å²) in [5.74, 6) is 1.38. The zero-order chi connectivity index (χ0) is 17.1. The van der Waals surface area contributed by atoms with Crippen molar-refractivity contribution in [3.63, 3.8) is 0 Å². The summed E-state index contributed by atoms with van der Waals surface area (Å²) in [6.07, 6.45) is 6.65. The fraction of sp³-hybridized carbons (Fsp3) is 0.0588. The number of hydrogen-bond acceptors (Lipinski definition) is 7. The first-order valence-electron chi connectivity index (χ1n) is 7.60. The third-order valence-electron chi connectivity index (χ3n) is 3.65. The summed E-state index contributed by atoms with van der Waals surface area (Å²) in [6.45, 7) is 0. The SMILES string of the molecule is COc1cccc(-n2ncc3c(NNc4cccnc4)ncnc32)c1. The molecule has 8 nitrogen and oxygen atoms in total. The summed E-state index contributed by atoms with van der Waals surface area (Å²) in [5, 5.41) is 5.23. The molecule has 0 saturated carbocycles. The minimum atomic E-state index is 0.628. The molecule has 0 unspecified atom stereocenters. The van der Waals surface area contributed by atoms with Crippen molar-refractivity contribution in [1.82, 2.24) is 24.7 Å². The average molecular weight is 333 g/mol. The van der Waals surface area contributed by atoms with Gasteiger partial charge >= 0.3 is 0 Å². The third-order valence-corrected chi connectivity index (χ3v) is 3.65. The highest BCUT2D eigenvalue weighted by Crippen LogP contribution is 2.23. The predicted octanol–water partition coefficient (Wildman–Crippen LogP) is 2.66. The fourth-order valence-electron chi connectivity index (χ4n) is 2.44. The number of nitrogens with zero attached hydrogens (tertiary/aromatic N) is 5. The molecule has 0 aliphatic heterocycles. The van der Waals surface area contributed by atoms with Crippen LogP contribution in [0.4, 0.5) is 11.5 Å². The van der Waals surface area contributed by atoms with E-state index < -0.39 is 0 Å². The maximum Gasteiger partial charge on any atom is 0.168 e. The van der Waals surface area contributed by atoms with Crippen LogP contribution in [0.3, 0.4) is 0 Å². The molecule has 1 aromatic carbocycles. The number of pyridine rings is 1. The number of rotatable bonds is 5. The zero-order valence-electron chi connectivity index (χ0n) is 13.4. The number of anilines is 2. The number of benzene rings is 1. The van der Waals surface area contributed by atoms with Crippen molar-refractivity contribution in [3.05, 3.63) is 61.3 Å². The number of ether oxygens (including phenoxy) is 1. The van der Waals surface area contributed by atoms with Crippen LogP contribution in [0.15, 0.2) is 61.3 Å². The van der Waals surface area contributed by atoms with Crippen molar-refractivity contribution in [1.29, 1.82) is 0 Å². The van der Waals surface area contributed by atoms with Gasteiger partial charge in [-0.25, -0.2) is 14.6 Å². The summed E-state index contributed by atoms with van der Waals surface area (Å²) in [6, 6.07) is 11.4. The van der Waals surface area contributed by atoms with Crippen molar-refractivity contribution in [3.8, 4) is 11.4 Å². The normalized spacial score (nSPS) is 10.6. The van der Waals surface area contributed by atoms with E-state index in [-0.39, 0.29) is 0 Å². The van der Waals surface area contributed by atoms with Crippen molar-refractivity contribution >= 4 is 22.5 Å². The lowest BCUT2D eigenvalue weighted by atomic mass is 10.3. The van der Waals surface area contributed by atoms with Gasteiger partial charge in [0.25, 0.3) is 0 Å². The highest BCUT2D eigenvalue weighted by atomic mass is 16.5. The summed E-state index contributed by atoms with van der Waals surface area (Å²) < 4.78 is 7.02. The first-order chi connectivity index (χ1) is 12.3. The Bertz CT molecular complexity index is 1000. The van der Waals surface area contributed by atoms with Crippen LogP contribution >= 0.6 is 0 Å². The summed E-state index contributed by atoms with van der Waals surface area (Å²) >= 11 is 0. The van der Waals surface area contributed by atoms with Gasteiger partial charge in [-0.1, -0.05) is 6.07 Å². The summed E-state index contributed by atoms with van der Waals surface area (Å²) in [4.78, 5) is 12.7. The third kappa shape index (κ3) is 2.92. The fourth-order valence-corrected chi connectivity index (χ4v) is 2.44. The highest BCUT2D eigenvalue weighted by Gasteiger charge is 2.11. The first kappa shape index (κ1) is 14.9. The molecule has 3 heterocycles. The zero-order valence-corrected chi connectivity index (χ0v) is 13.4. The van der Waals surface area contributed by atoms with E-state index in [0.717, 1.165) is 22.5 Å². The molecule has 0 spiro atoms. The molecule has 124 valence electrons. The van der Waals surface area contributed by atoms with E-state index in [4.69, 9.17) is 4.74 Å². The van der Waals surface area contributed by atoms with E-state index in [0.29, 0.717) is 11.5 Å². The van der Waals surface area contributed by atoms with Gasteiger partial charge in [0.15, 0.2) is 11.5 Å². The van der Waals surface area contributed by atoms with Gasteiger partial charge in [0.2, 0.25) is 0 Å². The second-order valence-corrected chi connectivity index (χ2v) is 5.21. The maximum atomic E-state index is 5.27. The lowest BCUT2D eigenvalue weighted by Crippen LogP contribution is -2.10. The smallest absolute Gasteiger partial charge is 0.168 e. The van der Waals surface area contributed by atoms with Crippen LogP contribution in [0.1, 0.15) is 0 Å². The Morgan fingerprint density at radius 2 is 2.00 bits per heavy atom. The number of methoxy groups -OCH3 is 1. The summed E-state index contributed by atoms with van der Waals surface area (Å²) in [7, 11) is 1.63. The van der Waals surface area contributed by atoms with E-state index in [1.807, 2.05) is 36.4 Å². The Balaban J connectivity index is 1.68. The van der Waals surface area contributed by atoms with Crippen molar-refractivity contribution in [2.75, 3.05) is 18.0 Å². The van der Waals surface area contributed by atoms with Crippen LogP contribution in [0, 0.1) is 0 Å². The van der Waals surface area contributed by atoms with Gasteiger partial charge in [-0.05, 0) is 24.3 Å². The molecule has 0 amide bonds. The van der Waals surface area contributed by atoms with E-state index >= 15 is 0 Å². The van der Waals surface area contributed by atoms with E-state index in [9.17, 15) is 0 Å². The molecule has 0 atom stereocenters. The highest BCUT2D eigenvalue weighted by molar-refractivity contribution is 5.87. The van der Waals surface area contributed by atoms with E-state index in [1.54, 1.807) is 30.4 Å². The van der Waals surface area contributed by atoms with Crippen LogP contribution in [0.5, 0.6) is 5.75 Å². The van der Waals surface area contributed by atoms with E-state index in [2.05, 4.69) is 30.9 Å². The number of aromatic nitrogens is 5. The minimum absolute atomic E-state index is 0.628. The molecular weight excluding hydrogens is 318 g/mol. The van der Waals surface area contributed by atoms with E-state index in [1.165, 1.54) is 6.33 Å². The molecular formula is C17H15N7O. The molecule has 4 aromatic rings. The van der Waals surface area contributed by atoms with Crippen molar-refractivity contribution in [2.45, 2.75) is 0 Å². The largest absolute Gasteiger partial charge is 0.497 e. The number of hydrogen-bond donors (Lipinski definition) is 2. The molecule has 4 rings (SSSR count). The Hall–Kier alpha value is -3.68.